The van der Waals surface area contributed by atoms with E-state index in [1.165, 1.54) is 36.2 Å². The molecule has 1 aromatic heterocycles. The highest BCUT2D eigenvalue weighted by atomic mass is 32.1. The molecule has 1 atom stereocenters. The highest BCUT2D eigenvalue weighted by Crippen LogP contribution is 2.34. The first kappa shape index (κ1) is 18.6. The van der Waals surface area contributed by atoms with Crippen LogP contribution >= 0.6 is 11.3 Å². The topological polar surface area (TPSA) is 58.2 Å². The van der Waals surface area contributed by atoms with E-state index < -0.39 is 0 Å². The fraction of sp³-hybridized carbons (Fsp3) is 0.429. The number of amides is 2. The van der Waals surface area contributed by atoms with E-state index >= 15 is 0 Å². The van der Waals surface area contributed by atoms with Gasteiger partial charge in [0.15, 0.2) is 0 Å². The van der Waals surface area contributed by atoms with Gasteiger partial charge in [0.2, 0.25) is 5.91 Å². The van der Waals surface area contributed by atoms with E-state index in [-0.39, 0.29) is 17.9 Å². The Labute approximate surface area is 159 Å². The minimum atomic E-state index is -0.111. The van der Waals surface area contributed by atoms with Gasteiger partial charge in [-0.1, -0.05) is 55.7 Å². The second-order valence-electron chi connectivity index (χ2n) is 6.84. The van der Waals surface area contributed by atoms with Crippen molar-refractivity contribution in [2.24, 2.45) is 5.92 Å². The van der Waals surface area contributed by atoms with Crippen molar-refractivity contribution in [3.8, 4) is 0 Å². The van der Waals surface area contributed by atoms with E-state index in [9.17, 15) is 9.59 Å². The normalized spacial score (nSPS) is 16.0. The van der Waals surface area contributed by atoms with Crippen molar-refractivity contribution in [3.63, 3.8) is 0 Å². The number of benzene rings is 1. The molecule has 2 N–H and O–H groups in total. The Morgan fingerprint density at radius 2 is 1.81 bits per heavy atom. The fourth-order valence-electron chi connectivity index (χ4n) is 3.63. The lowest BCUT2D eigenvalue weighted by molar-refractivity contribution is -0.122. The Hall–Kier alpha value is -2.14. The van der Waals surface area contributed by atoms with Crippen molar-refractivity contribution in [3.05, 3.63) is 58.3 Å². The maximum atomic E-state index is 12.5. The number of thiophene rings is 1. The highest BCUT2D eigenvalue weighted by Gasteiger charge is 2.26. The van der Waals surface area contributed by atoms with Gasteiger partial charge in [-0.05, 0) is 35.8 Å². The van der Waals surface area contributed by atoms with Crippen LogP contribution < -0.4 is 10.6 Å². The molecule has 0 spiro atoms. The molecular weight excluding hydrogens is 344 g/mol. The standard InChI is InChI=1S/C21H26N2O2S/c24-19(13-14-22-21(25)18-12-7-15-26-18)23-20(16-8-3-1-4-9-16)17-10-5-2-6-11-17/h1,3-4,7-9,12,15,17,20H,2,5-6,10-11,13-14H2,(H,22,25)(H,23,24). The monoisotopic (exact) mass is 370 g/mol. The predicted molar refractivity (Wildman–Crippen MR) is 105 cm³/mol. The Kier molecular flexibility index (Phi) is 6.83. The molecule has 26 heavy (non-hydrogen) atoms. The first-order valence-corrected chi connectivity index (χ1v) is 10.3. The zero-order chi connectivity index (χ0) is 18.2. The molecule has 2 aromatic rings. The Bertz CT molecular complexity index is 694. The van der Waals surface area contributed by atoms with Crippen LogP contribution in [0.2, 0.25) is 0 Å². The third-order valence-corrected chi connectivity index (χ3v) is 5.85. The van der Waals surface area contributed by atoms with Crippen molar-refractivity contribution < 1.29 is 9.59 Å². The maximum Gasteiger partial charge on any atom is 0.261 e. The van der Waals surface area contributed by atoms with Gasteiger partial charge in [-0.2, -0.15) is 0 Å². The molecule has 4 nitrogen and oxygen atoms in total. The molecule has 1 aliphatic rings. The summed E-state index contributed by atoms with van der Waals surface area (Å²) in [5.74, 6) is 0.381. The smallest absolute Gasteiger partial charge is 0.261 e. The van der Waals surface area contributed by atoms with E-state index in [0.29, 0.717) is 23.8 Å². The summed E-state index contributed by atoms with van der Waals surface area (Å²) in [5.41, 5.74) is 1.18. The van der Waals surface area contributed by atoms with Crippen molar-refractivity contribution in [1.29, 1.82) is 0 Å². The van der Waals surface area contributed by atoms with Gasteiger partial charge in [0.05, 0.1) is 10.9 Å². The molecule has 138 valence electrons. The number of carbonyl (C=O) groups is 2. The first-order chi connectivity index (χ1) is 12.7. The second kappa shape index (κ2) is 9.53. The summed E-state index contributed by atoms with van der Waals surface area (Å²) in [7, 11) is 0. The summed E-state index contributed by atoms with van der Waals surface area (Å²) < 4.78 is 0. The SMILES string of the molecule is O=C(CCNC(=O)c1cccs1)NC(c1ccccc1)C1CCCCC1. The van der Waals surface area contributed by atoms with Gasteiger partial charge in [-0.3, -0.25) is 9.59 Å². The molecule has 0 saturated heterocycles. The molecule has 1 aliphatic carbocycles. The van der Waals surface area contributed by atoms with Crippen LogP contribution in [0.25, 0.3) is 0 Å². The summed E-state index contributed by atoms with van der Waals surface area (Å²) >= 11 is 1.40. The maximum absolute atomic E-state index is 12.5. The Morgan fingerprint density at radius 3 is 2.50 bits per heavy atom. The van der Waals surface area contributed by atoms with Crippen molar-refractivity contribution in [1.82, 2.24) is 10.6 Å². The summed E-state index contributed by atoms with van der Waals surface area (Å²) in [5, 5.41) is 7.91. The molecule has 0 radical (unpaired) electrons. The van der Waals surface area contributed by atoms with Gasteiger partial charge in [0.25, 0.3) is 5.91 Å². The summed E-state index contributed by atoms with van der Waals surface area (Å²) in [6, 6.07) is 13.9. The molecule has 0 bridgehead atoms. The molecule has 1 heterocycles. The molecule has 3 rings (SSSR count). The number of carbonyl (C=O) groups excluding carboxylic acids is 2. The zero-order valence-corrected chi connectivity index (χ0v) is 15.8. The van der Waals surface area contributed by atoms with Crippen LogP contribution in [0.4, 0.5) is 0 Å². The first-order valence-electron chi connectivity index (χ1n) is 9.40. The zero-order valence-electron chi connectivity index (χ0n) is 14.9. The average Bonchev–Trinajstić information content (AvgIpc) is 3.22. The molecule has 1 aromatic carbocycles. The van der Waals surface area contributed by atoms with Crippen LogP contribution in [0.5, 0.6) is 0 Å². The summed E-state index contributed by atoms with van der Waals surface area (Å²) in [4.78, 5) is 25.1. The third kappa shape index (κ3) is 5.18. The van der Waals surface area contributed by atoms with E-state index in [2.05, 4.69) is 22.8 Å². The predicted octanol–water partition coefficient (Wildman–Crippen LogP) is 4.31. The Morgan fingerprint density at radius 1 is 1.04 bits per heavy atom. The minimum absolute atomic E-state index is 0.00379. The molecule has 1 fully saturated rings. The lowest BCUT2D eigenvalue weighted by Gasteiger charge is -2.31. The van der Waals surface area contributed by atoms with E-state index in [4.69, 9.17) is 0 Å². The minimum Gasteiger partial charge on any atom is -0.351 e. The largest absolute Gasteiger partial charge is 0.351 e. The van der Waals surface area contributed by atoms with Crippen LogP contribution in [0.3, 0.4) is 0 Å². The average molecular weight is 371 g/mol. The van der Waals surface area contributed by atoms with Gasteiger partial charge in [-0.15, -0.1) is 11.3 Å². The molecule has 1 unspecified atom stereocenters. The van der Waals surface area contributed by atoms with Gasteiger partial charge >= 0.3 is 0 Å². The van der Waals surface area contributed by atoms with Crippen LogP contribution in [0.15, 0.2) is 47.8 Å². The molecule has 0 aliphatic heterocycles. The summed E-state index contributed by atoms with van der Waals surface area (Å²) in [6.07, 6.45) is 6.39. The summed E-state index contributed by atoms with van der Waals surface area (Å²) in [6.45, 7) is 0.356. The third-order valence-electron chi connectivity index (χ3n) is 4.98. The highest BCUT2D eigenvalue weighted by molar-refractivity contribution is 7.12. The fourth-order valence-corrected chi connectivity index (χ4v) is 4.27. The number of rotatable bonds is 7. The molecule has 2 amide bonds. The van der Waals surface area contributed by atoms with Gasteiger partial charge in [0, 0.05) is 13.0 Å². The molecular formula is C21H26N2O2S. The lowest BCUT2D eigenvalue weighted by Crippen LogP contribution is -2.36. The van der Waals surface area contributed by atoms with E-state index in [0.717, 1.165) is 12.8 Å². The quantitative estimate of drug-likeness (QED) is 0.763. The molecule has 1 saturated carbocycles. The van der Waals surface area contributed by atoms with Gasteiger partial charge in [-0.25, -0.2) is 0 Å². The van der Waals surface area contributed by atoms with Crippen molar-refractivity contribution in [2.75, 3.05) is 6.54 Å². The number of hydrogen-bond donors (Lipinski definition) is 2. The second-order valence-corrected chi connectivity index (χ2v) is 7.78. The number of nitrogens with one attached hydrogen (secondary N) is 2. The van der Waals surface area contributed by atoms with Crippen molar-refractivity contribution in [2.45, 2.75) is 44.6 Å². The van der Waals surface area contributed by atoms with Gasteiger partial charge in [0.1, 0.15) is 0 Å². The van der Waals surface area contributed by atoms with Crippen LogP contribution in [0.1, 0.15) is 59.8 Å². The van der Waals surface area contributed by atoms with Crippen LogP contribution in [-0.4, -0.2) is 18.4 Å². The van der Waals surface area contributed by atoms with Crippen LogP contribution in [-0.2, 0) is 4.79 Å². The molecule has 5 heteroatoms. The van der Waals surface area contributed by atoms with E-state index in [1.54, 1.807) is 6.07 Å². The van der Waals surface area contributed by atoms with E-state index in [1.807, 2.05) is 29.6 Å². The number of hydrogen-bond acceptors (Lipinski definition) is 3. The Balaban J connectivity index is 1.54. The van der Waals surface area contributed by atoms with Gasteiger partial charge < -0.3 is 10.6 Å². The lowest BCUT2D eigenvalue weighted by atomic mass is 9.81. The van der Waals surface area contributed by atoms with Crippen LogP contribution in [0, 0.1) is 5.92 Å². The van der Waals surface area contributed by atoms with Crippen molar-refractivity contribution >= 4 is 23.2 Å².